The van der Waals surface area contributed by atoms with Crippen molar-refractivity contribution in [2.24, 2.45) is 23.7 Å². The molecular weight excluding hydrogens is 359 g/mol. The maximum absolute atomic E-state index is 13.7. The summed E-state index contributed by atoms with van der Waals surface area (Å²) in [4.78, 5) is 26.3. The van der Waals surface area contributed by atoms with E-state index in [1.54, 1.807) is 6.07 Å². The number of allylic oxidation sites excluding steroid dienone is 2. The molecule has 1 aromatic carbocycles. The molecule has 1 heterocycles. The van der Waals surface area contributed by atoms with Crippen molar-refractivity contribution >= 4 is 29.2 Å². The Morgan fingerprint density at radius 3 is 2.65 bits per heavy atom. The molecule has 2 N–H and O–H groups in total. The van der Waals surface area contributed by atoms with E-state index >= 15 is 0 Å². The van der Waals surface area contributed by atoms with Crippen LogP contribution in [0.5, 0.6) is 0 Å². The summed E-state index contributed by atoms with van der Waals surface area (Å²) < 4.78 is 13.7. The van der Waals surface area contributed by atoms with Gasteiger partial charge < -0.3 is 15.3 Å². The highest BCUT2D eigenvalue weighted by molar-refractivity contribution is 6.30. The zero-order valence-electron chi connectivity index (χ0n) is 14.1. The Kier molecular flexibility index (Phi) is 4.39. The molecule has 2 fully saturated rings. The first-order valence-electron chi connectivity index (χ1n) is 8.85. The van der Waals surface area contributed by atoms with Gasteiger partial charge in [-0.15, -0.1) is 0 Å². The van der Waals surface area contributed by atoms with Crippen LogP contribution in [0.2, 0.25) is 5.02 Å². The molecule has 0 radical (unpaired) electrons. The molecule has 2 aliphatic carbocycles. The van der Waals surface area contributed by atoms with Crippen molar-refractivity contribution in [3.63, 3.8) is 0 Å². The Balaban J connectivity index is 1.41. The fourth-order valence-corrected chi connectivity index (χ4v) is 4.73. The number of hydrogen-bond donors (Lipinski definition) is 2. The van der Waals surface area contributed by atoms with Gasteiger partial charge in [-0.3, -0.25) is 9.59 Å². The Morgan fingerprint density at radius 1 is 1.23 bits per heavy atom. The lowest BCUT2D eigenvalue weighted by molar-refractivity contribution is -0.148. The second-order valence-corrected chi connectivity index (χ2v) is 7.78. The maximum Gasteiger partial charge on any atom is 0.307 e. The van der Waals surface area contributed by atoms with Crippen molar-refractivity contribution in [2.75, 3.05) is 18.0 Å². The van der Waals surface area contributed by atoms with Gasteiger partial charge in [-0.1, -0.05) is 23.8 Å². The van der Waals surface area contributed by atoms with Gasteiger partial charge in [0.25, 0.3) is 0 Å². The fourth-order valence-electron chi connectivity index (χ4n) is 4.61. The van der Waals surface area contributed by atoms with Crippen LogP contribution in [0.25, 0.3) is 0 Å². The van der Waals surface area contributed by atoms with E-state index in [9.17, 15) is 19.1 Å². The second-order valence-electron chi connectivity index (χ2n) is 7.38. The highest BCUT2D eigenvalue weighted by Crippen LogP contribution is 2.48. The highest BCUT2D eigenvalue weighted by atomic mass is 35.5. The molecule has 1 aromatic rings. The molecular formula is C19H20ClFN2O3. The molecule has 0 aromatic heterocycles. The van der Waals surface area contributed by atoms with Crippen molar-refractivity contribution < 1.29 is 19.1 Å². The van der Waals surface area contributed by atoms with Crippen LogP contribution < -0.4 is 10.2 Å². The molecule has 4 rings (SSSR count). The van der Waals surface area contributed by atoms with Crippen LogP contribution in [0.3, 0.4) is 0 Å². The number of nitrogens with one attached hydrogen (secondary N) is 1. The number of carbonyl (C=O) groups excluding carboxylic acids is 1. The normalized spacial score (nSPS) is 32.2. The van der Waals surface area contributed by atoms with Crippen LogP contribution in [-0.4, -0.2) is 36.1 Å². The van der Waals surface area contributed by atoms with E-state index in [0.29, 0.717) is 13.1 Å². The predicted octanol–water partition coefficient (Wildman–Crippen LogP) is 2.70. The molecule has 2 bridgehead atoms. The molecule has 3 aliphatic rings. The average Bonchev–Trinajstić information content (AvgIpc) is 3.32. The third-order valence-corrected chi connectivity index (χ3v) is 6.16. The van der Waals surface area contributed by atoms with Crippen molar-refractivity contribution in [3.05, 3.63) is 41.2 Å². The molecule has 1 aliphatic heterocycles. The van der Waals surface area contributed by atoms with E-state index in [1.807, 2.05) is 17.1 Å². The van der Waals surface area contributed by atoms with Crippen LogP contribution in [-0.2, 0) is 9.59 Å². The molecule has 5 nitrogen and oxygen atoms in total. The molecule has 0 spiro atoms. The number of anilines is 1. The van der Waals surface area contributed by atoms with Gasteiger partial charge in [0, 0.05) is 24.8 Å². The maximum atomic E-state index is 13.7. The lowest BCUT2D eigenvalue weighted by atomic mass is 9.82. The van der Waals surface area contributed by atoms with E-state index in [2.05, 4.69) is 5.32 Å². The molecule has 5 unspecified atom stereocenters. The molecule has 1 amide bonds. The Labute approximate surface area is 155 Å². The Bertz CT molecular complexity index is 784. The third kappa shape index (κ3) is 2.96. The lowest BCUT2D eigenvalue weighted by Gasteiger charge is -2.26. The average molecular weight is 379 g/mol. The zero-order valence-corrected chi connectivity index (χ0v) is 14.8. The number of nitrogens with zero attached hydrogens (tertiary/aromatic N) is 1. The van der Waals surface area contributed by atoms with Crippen molar-refractivity contribution in [1.82, 2.24) is 5.32 Å². The van der Waals surface area contributed by atoms with E-state index in [4.69, 9.17) is 11.6 Å². The SMILES string of the molecule is O=C(O)C1C2C=CC(C2)C1C(=O)NC1CCN(c2ccc(Cl)c(F)c2)C1. The van der Waals surface area contributed by atoms with Gasteiger partial charge in [0.15, 0.2) is 0 Å². The van der Waals surface area contributed by atoms with Gasteiger partial charge in [-0.05, 0) is 42.9 Å². The number of carboxylic acids is 1. The number of halogens is 2. The van der Waals surface area contributed by atoms with Gasteiger partial charge >= 0.3 is 5.97 Å². The van der Waals surface area contributed by atoms with E-state index in [0.717, 1.165) is 18.5 Å². The lowest BCUT2D eigenvalue weighted by Crippen LogP contribution is -2.45. The minimum atomic E-state index is -0.897. The Hall–Kier alpha value is -2.08. The first-order chi connectivity index (χ1) is 12.4. The van der Waals surface area contributed by atoms with Crippen LogP contribution >= 0.6 is 11.6 Å². The van der Waals surface area contributed by atoms with Crippen LogP contribution in [0.1, 0.15) is 12.8 Å². The first-order valence-corrected chi connectivity index (χ1v) is 9.23. The third-order valence-electron chi connectivity index (χ3n) is 5.85. The number of carboxylic acid groups (broad SMARTS) is 1. The van der Waals surface area contributed by atoms with Gasteiger partial charge in [-0.2, -0.15) is 0 Å². The molecule has 1 saturated carbocycles. The highest BCUT2D eigenvalue weighted by Gasteiger charge is 2.51. The van der Waals surface area contributed by atoms with Crippen molar-refractivity contribution in [3.8, 4) is 0 Å². The van der Waals surface area contributed by atoms with E-state index in [1.165, 1.54) is 12.1 Å². The van der Waals surface area contributed by atoms with Gasteiger partial charge in [0.1, 0.15) is 5.82 Å². The van der Waals surface area contributed by atoms with Crippen LogP contribution in [0, 0.1) is 29.5 Å². The number of rotatable bonds is 4. The monoisotopic (exact) mass is 378 g/mol. The smallest absolute Gasteiger partial charge is 0.307 e. The number of hydrogen-bond acceptors (Lipinski definition) is 3. The second kappa shape index (κ2) is 6.58. The number of fused-ring (bicyclic) bond motifs is 2. The fraction of sp³-hybridized carbons (Fsp3) is 0.474. The molecule has 7 heteroatoms. The summed E-state index contributed by atoms with van der Waals surface area (Å²) in [6.45, 7) is 1.27. The summed E-state index contributed by atoms with van der Waals surface area (Å²) in [7, 11) is 0. The summed E-state index contributed by atoms with van der Waals surface area (Å²) in [6.07, 6.45) is 5.39. The summed E-state index contributed by atoms with van der Waals surface area (Å²) in [5.74, 6) is -2.68. The van der Waals surface area contributed by atoms with Crippen LogP contribution in [0.15, 0.2) is 30.4 Å². The number of aliphatic carboxylic acids is 1. The minimum Gasteiger partial charge on any atom is -0.481 e. The summed E-state index contributed by atoms with van der Waals surface area (Å²) in [6, 6.07) is 4.61. The standard InChI is InChI=1S/C19H20ClFN2O3/c20-14-4-3-13(8-15(14)21)23-6-5-12(9-23)22-18(24)16-10-1-2-11(7-10)17(16)19(25)26/h1-4,8,10-12,16-17H,5-7,9H2,(H,22,24)(H,25,26). The topological polar surface area (TPSA) is 69.6 Å². The van der Waals surface area contributed by atoms with Crippen molar-refractivity contribution in [1.29, 1.82) is 0 Å². The number of benzene rings is 1. The minimum absolute atomic E-state index is 0.0176. The molecule has 138 valence electrons. The molecule has 26 heavy (non-hydrogen) atoms. The molecule has 5 atom stereocenters. The quantitative estimate of drug-likeness (QED) is 0.790. The van der Waals surface area contributed by atoms with Crippen molar-refractivity contribution in [2.45, 2.75) is 18.9 Å². The first kappa shape index (κ1) is 17.3. The largest absolute Gasteiger partial charge is 0.481 e. The van der Waals surface area contributed by atoms with Gasteiger partial charge in [0.05, 0.1) is 16.9 Å². The summed E-state index contributed by atoms with van der Waals surface area (Å²) in [5, 5.41) is 12.6. The Morgan fingerprint density at radius 2 is 1.96 bits per heavy atom. The molecule has 1 saturated heterocycles. The van der Waals surface area contributed by atoms with Crippen LogP contribution in [0.4, 0.5) is 10.1 Å². The summed E-state index contributed by atoms with van der Waals surface area (Å²) in [5.41, 5.74) is 0.731. The van der Waals surface area contributed by atoms with Gasteiger partial charge in [0.2, 0.25) is 5.91 Å². The van der Waals surface area contributed by atoms with E-state index < -0.39 is 23.6 Å². The van der Waals surface area contributed by atoms with E-state index in [-0.39, 0.29) is 28.8 Å². The number of amides is 1. The summed E-state index contributed by atoms with van der Waals surface area (Å²) >= 11 is 5.72. The van der Waals surface area contributed by atoms with Gasteiger partial charge in [-0.25, -0.2) is 4.39 Å². The zero-order chi connectivity index (χ0) is 18.4. The number of carbonyl (C=O) groups is 2. The predicted molar refractivity (Wildman–Crippen MR) is 95.5 cm³/mol.